The first-order valence-electron chi connectivity index (χ1n) is 4.77. The van der Waals surface area contributed by atoms with E-state index in [4.69, 9.17) is 4.74 Å². The van der Waals surface area contributed by atoms with Crippen molar-refractivity contribution in [1.29, 1.82) is 0 Å². The molecule has 1 heteroatoms. The Balaban J connectivity index is 2.69. The van der Waals surface area contributed by atoms with E-state index in [0.717, 1.165) is 13.2 Å². The molecule has 0 N–H and O–H groups in total. The fourth-order valence-corrected chi connectivity index (χ4v) is 1.01. The fourth-order valence-electron chi connectivity index (χ4n) is 1.01. The molecule has 67 valence electrons. The molecule has 0 saturated carbocycles. The second kappa shape index (κ2) is 9.96. The molecule has 11 heavy (non-hydrogen) atoms. The average Bonchev–Trinajstić information content (AvgIpc) is 2.03. The van der Waals surface area contributed by atoms with Gasteiger partial charge >= 0.3 is 0 Å². The van der Waals surface area contributed by atoms with Crippen LogP contribution in [0.1, 0.15) is 46.0 Å². The monoisotopic (exact) mass is 157 g/mol. The highest BCUT2D eigenvalue weighted by molar-refractivity contribution is 4.51. The van der Waals surface area contributed by atoms with E-state index in [1.165, 1.54) is 32.1 Å². The van der Waals surface area contributed by atoms with Gasteiger partial charge in [-0.3, -0.25) is 0 Å². The smallest absolute Gasteiger partial charge is 0.0495 e. The van der Waals surface area contributed by atoms with Gasteiger partial charge in [-0.25, -0.2) is 0 Å². The van der Waals surface area contributed by atoms with Gasteiger partial charge in [0.25, 0.3) is 0 Å². The molecule has 0 rings (SSSR count). The SMILES string of the molecule is C[CH]COCCCCCCC. The normalized spacial score (nSPS) is 10.4. The Labute approximate surface area is 71.1 Å². The molecular weight excluding hydrogens is 136 g/mol. The lowest BCUT2D eigenvalue weighted by Crippen LogP contribution is -1.95. The molecule has 0 aromatic carbocycles. The van der Waals surface area contributed by atoms with E-state index < -0.39 is 0 Å². The molecular formula is C10H21O. The number of hydrogen-bond acceptors (Lipinski definition) is 1. The largest absolute Gasteiger partial charge is 0.381 e. The number of unbranched alkanes of at least 4 members (excludes halogenated alkanes) is 4. The third kappa shape index (κ3) is 9.96. The second-order valence-corrected chi connectivity index (χ2v) is 2.90. The van der Waals surface area contributed by atoms with Crippen LogP contribution in [0.5, 0.6) is 0 Å². The molecule has 0 amide bonds. The summed E-state index contributed by atoms with van der Waals surface area (Å²) < 4.78 is 5.31. The van der Waals surface area contributed by atoms with Crippen molar-refractivity contribution in [1.82, 2.24) is 0 Å². The molecule has 0 spiro atoms. The third-order valence-electron chi connectivity index (χ3n) is 1.68. The van der Waals surface area contributed by atoms with Crippen LogP contribution in [0.15, 0.2) is 0 Å². The number of rotatable bonds is 8. The van der Waals surface area contributed by atoms with Crippen LogP contribution >= 0.6 is 0 Å². The molecule has 0 aromatic heterocycles. The van der Waals surface area contributed by atoms with E-state index >= 15 is 0 Å². The maximum atomic E-state index is 5.31. The summed E-state index contributed by atoms with van der Waals surface area (Å²) >= 11 is 0. The van der Waals surface area contributed by atoms with Crippen LogP contribution in [0.4, 0.5) is 0 Å². The molecule has 1 radical (unpaired) electrons. The van der Waals surface area contributed by atoms with Crippen molar-refractivity contribution < 1.29 is 4.74 Å². The summed E-state index contributed by atoms with van der Waals surface area (Å²) in [6.45, 7) is 6.02. The van der Waals surface area contributed by atoms with E-state index in [0.29, 0.717) is 0 Å². The Kier molecular flexibility index (Phi) is 9.92. The summed E-state index contributed by atoms with van der Waals surface area (Å²) in [5, 5.41) is 0. The molecule has 0 bridgehead atoms. The van der Waals surface area contributed by atoms with Gasteiger partial charge in [-0.2, -0.15) is 0 Å². The predicted octanol–water partition coefficient (Wildman–Crippen LogP) is 3.20. The van der Waals surface area contributed by atoms with E-state index in [1.807, 2.05) is 13.3 Å². The second-order valence-electron chi connectivity index (χ2n) is 2.90. The molecule has 1 nitrogen and oxygen atoms in total. The van der Waals surface area contributed by atoms with Crippen LogP contribution in [0.25, 0.3) is 0 Å². The maximum absolute atomic E-state index is 5.31. The van der Waals surface area contributed by atoms with E-state index in [9.17, 15) is 0 Å². The quantitative estimate of drug-likeness (QED) is 0.492. The summed E-state index contributed by atoms with van der Waals surface area (Å²) in [5.74, 6) is 0. The van der Waals surface area contributed by atoms with Crippen molar-refractivity contribution in [2.45, 2.75) is 46.0 Å². The molecule has 0 fully saturated rings. The van der Waals surface area contributed by atoms with E-state index in [2.05, 4.69) is 6.92 Å². The molecule has 0 heterocycles. The lowest BCUT2D eigenvalue weighted by atomic mass is 10.2. The van der Waals surface area contributed by atoms with Gasteiger partial charge < -0.3 is 4.74 Å². The minimum absolute atomic E-state index is 0.813. The van der Waals surface area contributed by atoms with Crippen molar-refractivity contribution >= 4 is 0 Å². The van der Waals surface area contributed by atoms with Crippen LogP contribution in [0, 0.1) is 6.42 Å². The Hall–Kier alpha value is -0.0400. The Morgan fingerprint density at radius 2 is 1.82 bits per heavy atom. The van der Waals surface area contributed by atoms with Gasteiger partial charge in [0.2, 0.25) is 0 Å². The average molecular weight is 157 g/mol. The Morgan fingerprint density at radius 1 is 1.09 bits per heavy atom. The van der Waals surface area contributed by atoms with Crippen molar-refractivity contribution in [2.75, 3.05) is 13.2 Å². The van der Waals surface area contributed by atoms with Crippen LogP contribution in [-0.4, -0.2) is 13.2 Å². The molecule has 0 unspecified atom stereocenters. The molecule has 0 aromatic rings. The number of ether oxygens (including phenoxy) is 1. The highest BCUT2D eigenvalue weighted by Gasteiger charge is 1.88. The van der Waals surface area contributed by atoms with Crippen molar-refractivity contribution in [3.63, 3.8) is 0 Å². The molecule has 0 saturated heterocycles. The summed E-state index contributed by atoms with van der Waals surface area (Å²) in [7, 11) is 0. The molecule has 0 aliphatic carbocycles. The van der Waals surface area contributed by atoms with Crippen LogP contribution in [0.2, 0.25) is 0 Å². The van der Waals surface area contributed by atoms with E-state index in [1.54, 1.807) is 0 Å². The summed E-state index contributed by atoms with van der Waals surface area (Å²) in [6.07, 6.45) is 8.68. The summed E-state index contributed by atoms with van der Waals surface area (Å²) in [4.78, 5) is 0. The van der Waals surface area contributed by atoms with Gasteiger partial charge in [-0.15, -0.1) is 0 Å². The molecule has 0 aliphatic rings. The Morgan fingerprint density at radius 3 is 2.45 bits per heavy atom. The van der Waals surface area contributed by atoms with Crippen LogP contribution in [-0.2, 0) is 4.74 Å². The highest BCUT2D eigenvalue weighted by Crippen LogP contribution is 2.02. The van der Waals surface area contributed by atoms with Crippen molar-refractivity contribution in [2.24, 2.45) is 0 Å². The first kappa shape index (κ1) is 11.0. The summed E-state index contributed by atoms with van der Waals surface area (Å²) in [6, 6.07) is 0. The fraction of sp³-hybridized carbons (Fsp3) is 0.900. The minimum Gasteiger partial charge on any atom is -0.381 e. The topological polar surface area (TPSA) is 9.23 Å². The minimum atomic E-state index is 0.813. The maximum Gasteiger partial charge on any atom is 0.0495 e. The van der Waals surface area contributed by atoms with Gasteiger partial charge in [0.1, 0.15) is 0 Å². The van der Waals surface area contributed by atoms with E-state index in [-0.39, 0.29) is 0 Å². The zero-order valence-corrected chi connectivity index (χ0v) is 7.94. The van der Waals surface area contributed by atoms with Crippen LogP contribution in [0.3, 0.4) is 0 Å². The van der Waals surface area contributed by atoms with Crippen LogP contribution < -0.4 is 0 Å². The van der Waals surface area contributed by atoms with Gasteiger partial charge in [0.05, 0.1) is 0 Å². The molecule has 0 aliphatic heterocycles. The van der Waals surface area contributed by atoms with Gasteiger partial charge in [0, 0.05) is 13.2 Å². The van der Waals surface area contributed by atoms with Gasteiger partial charge in [0.15, 0.2) is 0 Å². The third-order valence-corrected chi connectivity index (χ3v) is 1.68. The first-order chi connectivity index (χ1) is 5.41. The predicted molar refractivity (Wildman–Crippen MR) is 49.6 cm³/mol. The van der Waals surface area contributed by atoms with Crippen molar-refractivity contribution in [3.05, 3.63) is 6.42 Å². The zero-order chi connectivity index (χ0) is 8.36. The standard InChI is InChI=1S/C10H21O/c1-3-5-6-7-8-10-11-9-4-2/h4H,3,5-10H2,1-2H3. The Bertz CT molecular complexity index is 53.9. The molecule has 0 atom stereocenters. The lowest BCUT2D eigenvalue weighted by Gasteiger charge is -2.01. The lowest BCUT2D eigenvalue weighted by molar-refractivity contribution is 0.149. The number of hydrogen-bond donors (Lipinski definition) is 0. The van der Waals surface area contributed by atoms with Gasteiger partial charge in [-0.1, -0.05) is 39.5 Å². The first-order valence-corrected chi connectivity index (χ1v) is 4.77. The summed E-state index contributed by atoms with van der Waals surface area (Å²) in [5.41, 5.74) is 0. The van der Waals surface area contributed by atoms with Crippen molar-refractivity contribution in [3.8, 4) is 0 Å². The van der Waals surface area contributed by atoms with Gasteiger partial charge in [-0.05, 0) is 12.8 Å². The highest BCUT2D eigenvalue weighted by atomic mass is 16.5. The zero-order valence-electron chi connectivity index (χ0n) is 7.94.